The van der Waals surface area contributed by atoms with Crippen LogP contribution in [-0.2, 0) is 4.74 Å². The Kier molecular flexibility index (Phi) is 5.92. The van der Waals surface area contributed by atoms with Crippen LogP contribution in [0.1, 0.15) is 10.4 Å². The fraction of sp³-hybridized carbons (Fsp3) is 0.364. The van der Waals surface area contributed by atoms with Crippen LogP contribution in [0.3, 0.4) is 0 Å². The maximum Gasteiger partial charge on any atom is 0.251 e. The van der Waals surface area contributed by atoms with E-state index in [1.54, 1.807) is 18.2 Å². The number of aliphatic hydroxyl groups is 1. The van der Waals surface area contributed by atoms with Crippen LogP contribution in [-0.4, -0.2) is 37.4 Å². The molecule has 0 radical (unpaired) electrons. The first-order valence-electron chi connectivity index (χ1n) is 5.00. The SMILES string of the molecule is O=C(NCCOCCO)c1cccc(S)c1. The zero-order valence-corrected chi connectivity index (χ0v) is 9.74. The number of aliphatic hydroxyl groups excluding tert-OH is 1. The van der Waals surface area contributed by atoms with E-state index in [4.69, 9.17) is 9.84 Å². The van der Waals surface area contributed by atoms with E-state index in [0.717, 1.165) is 4.90 Å². The van der Waals surface area contributed by atoms with Crippen molar-refractivity contribution in [1.29, 1.82) is 0 Å². The molecule has 0 aliphatic rings. The number of hydrogen-bond donors (Lipinski definition) is 3. The van der Waals surface area contributed by atoms with Gasteiger partial charge in [-0.25, -0.2) is 0 Å². The molecule has 0 aliphatic heterocycles. The maximum absolute atomic E-state index is 11.6. The molecule has 16 heavy (non-hydrogen) atoms. The highest BCUT2D eigenvalue weighted by atomic mass is 32.1. The summed E-state index contributed by atoms with van der Waals surface area (Å²) in [5, 5.41) is 11.2. The lowest BCUT2D eigenvalue weighted by Crippen LogP contribution is -2.27. The third kappa shape index (κ3) is 4.65. The summed E-state index contributed by atoms with van der Waals surface area (Å²) in [6.07, 6.45) is 0. The van der Waals surface area contributed by atoms with Gasteiger partial charge >= 0.3 is 0 Å². The van der Waals surface area contributed by atoms with Gasteiger partial charge in [-0.05, 0) is 18.2 Å². The number of nitrogens with one attached hydrogen (secondary N) is 1. The molecule has 0 atom stereocenters. The van der Waals surface area contributed by atoms with Crippen molar-refractivity contribution in [2.24, 2.45) is 0 Å². The number of amides is 1. The molecule has 1 aromatic rings. The van der Waals surface area contributed by atoms with Gasteiger partial charge < -0.3 is 15.2 Å². The van der Waals surface area contributed by atoms with Crippen molar-refractivity contribution in [1.82, 2.24) is 5.32 Å². The largest absolute Gasteiger partial charge is 0.394 e. The average Bonchev–Trinajstić information content (AvgIpc) is 2.28. The minimum atomic E-state index is -0.150. The standard InChI is InChI=1S/C11H15NO3S/c13-5-7-15-6-4-12-11(14)9-2-1-3-10(16)8-9/h1-3,8,13,16H,4-7H2,(H,12,14). The summed E-state index contributed by atoms with van der Waals surface area (Å²) in [4.78, 5) is 12.3. The normalized spacial score (nSPS) is 10.1. The van der Waals surface area contributed by atoms with Crippen LogP contribution in [0.2, 0.25) is 0 Å². The Morgan fingerprint density at radius 3 is 2.94 bits per heavy atom. The van der Waals surface area contributed by atoms with Crippen LogP contribution < -0.4 is 5.32 Å². The topological polar surface area (TPSA) is 58.6 Å². The first-order chi connectivity index (χ1) is 7.74. The Labute approximate surface area is 100 Å². The van der Waals surface area contributed by atoms with Gasteiger partial charge in [-0.15, -0.1) is 12.6 Å². The van der Waals surface area contributed by atoms with E-state index in [2.05, 4.69) is 17.9 Å². The van der Waals surface area contributed by atoms with Crippen molar-refractivity contribution < 1.29 is 14.6 Å². The van der Waals surface area contributed by atoms with E-state index in [1.807, 2.05) is 6.07 Å². The molecule has 0 fully saturated rings. The number of rotatable bonds is 6. The molecule has 2 N–H and O–H groups in total. The van der Waals surface area contributed by atoms with Gasteiger partial charge in [0.05, 0.1) is 19.8 Å². The van der Waals surface area contributed by atoms with Crippen LogP contribution in [0.5, 0.6) is 0 Å². The molecule has 0 saturated heterocycles. The van der Waals surface area contributed by atoms with Crippen molar-refractivity contribution in [3.63, 3.8) is 0 Å². The molecule has 0 heterocycles. The van der Waals surface area contributed by atoms with E-state index in [-0.39, 0.29) is 12.5 Å². The summed E-state index contributed by atoms with van der Waals surface area (Å²) in [5.74, 6) is -0.150. The lowest BCUT2D eigenvalue weighted by Gasteiger charge is -2.05. The van der Waals surface area contributed by atoms with Crippen LogP contribution in [0.4, 0.5) is 0 Å². The first kappa shape index (κ1) is 13.0. The van der Waals surface area contributed by atoms with Crippen LogP contribution in [0.15, 0.2) is 29.2 Å². The number of carbonyl (C=O) groups is 1. The van der Waals surface area contributed by atoms with Crippen molar-refractivity contribution in [3.05, 3.63) is 29.8 Å². The Bertz CT molecular complexity index is 344. The van der Waals surface area contributed by atoms with Crippen molar-refractivity contribution in [2.75, 3.05) is 26.4 Å². The summed E-state index contributed by atoms with van der Waals surface area (Å²) in [6, 6.07) is 7.01. The third-order valence-electron chi connectivity index (χ3n) is 1.88. The fourth-order valence-corrected chi connectivity index (χ4v) is 1.38. The molecule has 4 nitrogen and oxygen atoms in total. The summed E-state index contributed by atoms with van der Waals surface area (Å²) < 4.78 is 5.01. The zero-order chi connectivity index (χ0) is 11.8. The molecule has 0 aromatic heterocycles. The number of ether oxygens (including phenoxy) is 1. The molecule has 5 heteroatoms. The van der Waals surface area contributed by atoms with Gasteiger partial charge in [-0.3, -0.25) is 4.79 Å². The molecular weight excluding hydrogens is 226 g/mol. The molecule has 0 bridgehead atoms. The first-order valence-corrected chi connectivity index (χ1v) is 5.44. The van der Waals surface area contributed by atoms with E-state index in [0.29, 0.717) is 25.3 Å². The van der Waals surface area contributed by atoms with E-state index in [9.17, 15) is 4.79 Å². The minimum Gasteiger partial charge on any atom is -0.394 e. The van der Waals surface area contributed by atoms with Gasteiger partial charge in [0.2, 0.25) is 0 Å². The number of benzene rings is 1. The lowest BCUT2D eigenvalue weighted by molar-refractivity contribution is 0.0838. The Balaban J connectivity index is 2.30. The molecule has 0 saturated carbocycles. The van der Waals surface area contributed by atoms with Crippen molar-refractivity contribution in [3.8, 4) is 0 Å². The molecular formula is C11H15NO3S. The van der Waals surface area contributed by atoms with Gasteiger partial charge in [0.25, 0.3) is 5.91 Å². The van der Waals surface area contributed by atoms with Crippen LogP contribution in [0.25, 0.3) is 0 Å². The second-order valence-electron chi connectivity index (χ2n) is 3.14. The lowest BCUT2D eigenvalue weighted by atomic mass is 10.2. The molecule has 0 aliphatic carbocycles. The van der Waals surface area contributed by atoms with E-state index in [1.165, 1.54) is 0 Å². The monoisotopic (exact) mass is 241 g/mol. The van der Waals surface area contributed by atoms with Gasteiger partial charge in [-0.1, -0.05) is 6.07 Å². The van der Waals surface area contributed by atoms with Crippen LogP contribution >= 0.6 is 12.6 Å². The predicted molar refractivity (Wildman–Crippen MR) is 63.9 cm³/mol. The number of carbonyl (C=O) groups excluding carboxylic acids is 1. The van der Waals surface area contributed by atoms with Crippen molar-refractivity contribution in [2.45, 2.75) is 4.90 Å². The van der Waals surface area contributed by atoms with E-state index >= 15 is 0 Å². The molecule has 0 unspecified atom stereocenters. The average molecular weight is 241 g/mol. The third-order valence-corrected chi connectivity index (χ3v) is 2.15. The van der Waals surface area contributed by atoms with Gasteiger partial charge in [-0.2, -0.15) is 0 Å². The summed E-state index contributed by atoms with van der Waals surface area (Å²) >= 11 is 4.15. The Hall–Kier alpha value is -1.04. The van der Waals surface area contributed by atoms with Gasteiger partial charge in [0, 0.05) is 17.0 Å². The molecule has 1 aromatic carbocycles. The molecule has 1 rings (SSSR count). The van der Waals surface area contributed by atoms with Crippen LogP contribution in [0, 0.1) is 0 Å². The molecule has 1 amide bonds. The second-order valence-corrected chi connectivity index (χ2v) is 3.66. The highest BCUT2D eigenvalue weighted by Gasteiger charge is 2.03. The zero-order valence-electron chi connectivity index (χ0n) is 8.85. The Morgan fingerprint density at radius 2 is 2.25 bits per heavy atom. The second kappa shape index (κ2) is 7.27. The Morgan fingerprint density at radius 1 is 1.44 bits per heavy atom. The highest BCUT2D eigenvalue weighted by Crippen LogP contribution is 2.08. The maximum atomic E-state index is 11.6. The summed E-state index contributed by atoms with van der Waals surface area (Å²) in [6.45, 7) is 1.11. The molecule has 88 valence electrons. The smallest absolute Gasteiger partial charge is 0.251 e. The van der Waals surface area contributed by atoms with Gasteiger partial charge in [0.15, 0.2) is 0 Å². The number of hydrogen-bond acceptors (Lipinski definition) is 4. The molecule has 0 spiro atoms. The minimum absolute atomic E-state index is 0.00432. The summed E-state index contributed by atoms with van der Waals surface area (Å²) in [7, 11) is 0. The van der Waals surface area contributed by atoms with E-state index < -0.39 is 0 Å². The van der Waals surface area contributed by atoms with Crippen molar-refractivity contribution >= 4 is 18.5 Å². The summed E-state index contributed by atoms with van der Waals surface area (Å²) in [5.41, 5.74) is 0.578. The highest BCUT2D eigenvalue weighted by molar-refractivity contribution is 7.80. The van der Waals surface area contributed by atoms with Gasteiger partial charge in [0.1, 0.15) is 0 Å². The number of thiol groups is 1. The fourth-order valence-electron chi connectivity index (χ4n) is 1.15. The quantitative estimate of drug-likeness (QED) is 0.508. The predicted octanol–water partition coefficient (Wildman–Crippen LogP) is 0.714.